The van der Waals surface area contributed by atoms with Crippen molar-refractivity contribution in [3.8, 4) is 6.07 Å². The van der Waals surface area contributed by atoms with Gasteiger partial charge in [-0.2, -0.15) is 5.26 Å². The zero-order valence-electron chi connectivity index (χ0n) is 10.6. The van der Waals surface area contributed by atoms with Crippen LogP contribution in [0.2, 0.25) is 0 Å². The van der Waals surface area contributed by atoms with Gasteiger partial charge in [-0.05, 0) is 30.4 Å². The molecule has 0 saturated heterocycles. The van der Waals surface area contributed by atoms with Crippen molar-refractivity contribution in [1.82, 2.24) is 0 Å². The summed E-state index contributed by atoms with van der Waals surface area (Å²) in [5.41, 5.74) is 2.02. The molecule has 1 heteroatoms. The predicted octanol–water partition coefficient (Wildman–Crippen LogP) is 4.30. The molecule has 0 aliphatic heterocycles. The molecule has 0 aromatic heterocycles. The van der Waals surface area contributed by atoms with Crippen LogP contribution in [0.1, 0.15) is 44.2 Å². The molecular weight excluding hydrogens is 206 g/mol. The number of nitrogens with zero attached hydrogens (tertiary/aromatic N) is 1. The van der Waals surface area contributed by atoms with Crippen LogP contribution < -0.4 is 0 Å². The quantitative estimate of drug-likeness (QED) is 0.752. The van der Waals surface area contributed by atoms with Crippen molar-refractivity contribution in [2.24, 2.45) is 5.92 Å². The first kappa shape index (κ1) is 11.9. The molecule has 2 rings (SSSR count). The fourth-order valence-electron chi connectivity index (χ4n) is 2.68. The second-order valence-electron chi connectivity index (χ2n) is 5.01. The van der Waals surface area contributed by atoms with E-state index in [0.717, 1.165) is 6.42 Å². The summed E-state index contributed by atoms with van der Waals surface area (Å²) < 4.78 is 0. The highest BCUT2D eigenvalue weighted by atomic mass is 14.4. The SMILES string of the molecule is CCCCC1C=Cc2ccccc2C1(C)C#N. The number of nitriles is 1. The summed E-state index contributed by atoms with van der Waals surface area (Å²) in [6.45, 7) is 4.28. The number of allylic oxidation sites excluding steroid dienone is 1. The molecule has 1 nitrogen and oxygen atoms in total. The number of hydrogen-bond acceptors (Lipinski definition) is 1. The Morgan fingerprint density at radius 3 is 2.82 bits per heavy atom. The Morgan fingerprint density at radius 2 is 2.12 bits per heavy atom. The van der Waals surface area contributed by atoms with Gasteiger partial charge in [0.25, 0.3) is 0 Å². The van der Waals surface area contributed by atoms with Gasteiger partial charge >= 0.3 is 0 Å². The molecule has 88 valence electrons. The highest BCUT2D eigenvalue weighted by Gasteiger charge is 2.37. The van der Waals surface area contributed by atoms with Crippen LogP contribution in [-0.2, 0) is 5.41 Å². The Bertz CT molecular complexity index is 467. The maximum Gasteiger partial charge on any atom is 0.0862 e. The molecule has 0 N–H and O–H groups in total. The van der Waals surface area contributed by atoms with Crippen LogP contribution in [0.25, 0.3) is 6.08 Å². The molecule has 0 bridgehead atoms. The van der Waals surface area contributed by atoms with E-state index < -0.39 is 0 Å². The second kappa shape index (κ2) is 4.75. The molecule has 2 unspecified atom stereocenters. The third-order valence-corrected chi connectivity index (χ3v) is 3.87. The molecule has 0 spiro atoms. The average molecular weight is 225 g/mol. The minimum atomic E-state index is -0.361. The van der Waals surface area contributed by atoms with E-state index in [1.807, 2.05) is 12.1 Å². The van der Waals surface area contributed by atoms with E-state index in [1.54, 1.807) is 0 Å². The van der Waals surface area contributed by atoms with Gasteiger partial charge in [-0.25, -0.2) is 0 Å². The van der Waals surface area contributed by atoms with Gasteiger partial charge in [0.05, 0.1) is 11.5 Å². The van der Waals surface area contributed by atoms with Gasteiger partial charge < -0.3 is 0 Å². The standard InChI is InChI=1S/C16H19N/c1-3-4-8-14-11-10-13-7-5-6-9-15(13)16(14,2)12-17/h5-7,9-11,14H,3-4,8H2,1-2H3. The zero-order chi connectivity index (χ0) is 12.3. The van der Waals surface area contributed by atoms with Crippen LogP contribution in [0.15, 0.2) is 30.3 Å². The molecule has 0 radical (unpaired) electrons. The van der Waals surface area contributed by atoms with Crippen molar-refractivity contribution in [2.75, 3.05) is 0 Å². The monoisotopic (exact) mass is 225 g/mol. The van der Waals surface area contributed by atoms with Gasteiger partial charge in [0.15, 0.2) is 0 Å². The molecular formula is C16H19N. The van der Waals surface area contributed by atoms with E-state index in [2.05, 4.69) is 44.2 Å². The van der Waals surface area contributed by atoms with Crippen LogP contribution in [0.3, 0.4) is 0 Å². The van der Waals surface area contributed by atoms with Gasteiger partial charge in [-0.1, -0.05) is 56.2 Å². The fraction of sp³-hybridized carbons (Fsp3) is 0.438. The Kier molecular flexibility index (Phi) is 3.33. The molecule has 2 atom stereocenters. The van der Waals surface area contributed by atoms with Crippen molar-refractivity contribution >= 4 is 6.08 Å². The number of rotatable bonds is 3. The van der Waals surface area contributed by atoms with E-state index in [-0.39, 0.29) is 5.41 Å². The highest BCUT2D eigenvalue weighted by molar-refractivity contribution is 5.61. The van der Waals surface area contributed by atoms with Gasteiger partial charge in [-0.15, -0.1) is 0 Å². The minimum absolute atomic E-state index is 0.349. The predicted molar refractivity (Wildman–Crippen MR) is 71.5 cm³/mol. The van der Waals surface area contributed by atoms with Crippen LogP contribution in [0.4, 0.5) is 0 Å². The highest BCUT2D eigenvalue weighted by Crippen LogP contribution is 2.41. The molecule has 0 heterocycles. The molecule has 0 saturated carbocycles. The summed E-state index contributed by atoms with van der Waals surface area (Å²) in [6.07, 6.45) is 7.88. The van der Waals surface area contributed by atoms with Crippen molar-refractivity contribution in [2.45, 2.75) is 38.5 Å². The smallest absolute Gasteiger partial charge is 0.0862 e. The van der Waals surface area contributed by atoms with Gasteiger partial charge in [-0.3, -0.25) is 0 Å². The Labute approximate surface area is 104 Å². The number of fused-ring (bicyclic) bond motifs is 1. The fourth-order valence-corrected chi connectivity index (χ4v) is 2.68. The largest absolute Gasteiger partial charge is 0.197 e. The van der Waals surface area contributed by atoms with Crippen molar-refractivity contribution in [1.29, 1.82) is 5.26 Å². The first-order valence-electron chi connectivity index (χ1n) is 6.41. The van der Waals surface area contributed by atoms with Gasteiger partial charge in [0.2, 0.25) is 0 Å². The summed E-state index contributed by atoms with van der Waals surface area (Å²) >= 11 is 0. The number of unbranched alkanes of at least 4 members (excludes halogenated alkanes) is 1. The average Bonchev–Trinajstić information content (AvgIpc) is 2.38. The van der Waals surface area contributed by atoms with E-state index in [1.165, 1.54) is 24.0 Å². The van der Waals surface area contributed by atoms with Crippen molar-refractivity contribution < 1.29 is 0 Å². The number of hydrogen-bond donors (Lipinski definition) is 0. The van der Waals surface area contributed by atoms with Crippen LogP contribution in [0, 0.1) is 17.2 Å². The van der Waals surface area contributed by atoms with Crippen LogP contribution in [-0.4, -0.2) is 0 Å². The molecule has 1 aliphatic carbocycles. The van der Waals surface area contributed by atoms with Crippen molar-refractivity contribution in [3.63, 3.8) is 0 Å². The lowest BCUT2D eigenvalue weighted by Crippen LogP contribution is -2.32. The lowest BCUT2D eigenvalue weighted by atomic mass is 9.67. The molecule has 1 aromatic rings. The molecule has 1 aromatic carbocycles. The topological polar surface area (TPSA) is 23.8 Å². The van der Waals surface area contributed by atoms with Gasteiger partial charge in [0, 0.05) is 0 Å². The molecule has 17 heavy (non-hydrogen) atoms. The van der Waals surface area contributed by atoms with Crippen LogP contribution in [0.5, 0.6) is 0 Å². The molecule has 0 amide bonds. The Balaban J connectivity index is 2.40. The van der Waals surface area contributed by atoms with Crippen molar-refractivity contribution in [3.05, 3.63) is 41.5 Å². The van der Waals surface area contributed by atoms with Gasteiger partial charge in [0.1, 0.15) is 0 Å². The number of benzene rings is 1. The van der Waals surface area contributed by atoms with E-state index in [4.69, 9.17) is 0 Å². The third-order valence-electron chi connectivity index (χ3n) is 3.87. The van der Waals surface area contributed by atoms with E-state index in [0.29, 0.717) is 5.92 Å². The minimum Gasteiger partial charge on any atom is -0.197 e. The summed E-state index contributed by atoms with van der Waals surface area (Å²) in [4.78, 5) is 0. The first-order valence-corrected chi connectivity index (χ1v) is 6.41. The first-order chi connectivity index (χ1) is 8.22. The summed E-state index contributed by atoms with van der Waals surface area (Å²) in [7, 11) is 0. The normalized spacial score (nSPS) is 26.3. The third kappa shape index (κ3) is 2.00. The van der Waals surface area contributed by atoms with Crippen LogP contribution >= 0.6 is 0 Å². The lowest BCUT2D eigenvalue weighted by Gasteiger charge is -2.34. The Morgan fingerprint density at radius 1 is 1.35 bits per heavy atom. The molecule has 0 fully saturated rings. The summed E-state index contributed by atoms with van der Waals surface area (Å²) in [5.74, 6) is 0.349. The summed E-state index contributed by atoms with van der Waals surface area (Å²) in [5, 5.41) is 9.58. The summed E-state index contributed by atoms with van der Waals surface area (Å²) in [6, 6.07) is 10.8. The zero-order valence-corrected chi connectivity index (χ0v) is 10.6. The maximum absolute atomic E-state index is 9.58. The molecule has 1 aliphatic rings. The lowest BCUT2D eigenvalue weighted by molar-refractivity contribution is 0.398. The van der Waals surface area contributed by atoms with E-state index in [9.17, 15) is 5.26 Å². The maximum atomic E-state index is 9.58. The second-order valence-corrected chi connectivity index (χ2v) is 5.01. The van der Waals surface area contributed by atoms with E-state index >= 15 is 0 Å². The Hall–Kier alpha value is -1.55.